The maximum atomic E-state index is 4.50. The third kappa shape index (κ3) is 2.74. The summed E-state index contributed by atoms with van der Waals surface area (Å²) in [6, 6.07) is 12.4. The van der Waals surface area contributed by atoms with E-state index in [0.29, 0.717) is 5.95 Å². The Labute approximate surface area is 116 Å². The van der Waals surface area contributed by atoms with Crippen LogP contribution in [0.3, 0.4) is 0 Å². The number of benzene rings is 1. The van der Waals surface area contributed by atoms with Crippen molar-refractivity contribution in [1.29, 1.82) is 0 Å². The van der Waals surface area contributed by atoms with E-state index in [9.17, 15) is 0 Å². The zero-order valence-corrected chi connectivity index (χ0v) is 11.6. The molecule has 1 aromatic carbocycles. The Morgan fingerprint density at radius 1 is 1.11 bits per heavy atom. The number of aromatic nitrogens is 2. The van der Waals surface area contributed by atoms with Crippen LogP contribution < -0.4 is 5.32 Å². The van der Waals surface area contributed by atoms with E-state index >= 15 is 0 Å². The van der Waals surface area contributed by atoms with Crippen molar-refractivity contribution in [3.8, 4) is 0 Å². The van der Waals surface area contributed by atoms with Crippen molar-refractivity contribution < 1.29 is 0 Å². The highest BCUT2D eigenvalue weighted by Gasteiger charge is 2.01. The zero-order valence-electron chi connectivity index (χ0n) is 10.8. The molecular formula is C15H15N3S. The number of para-hydroxylation sites is 1. The molecule has 0 aliphatic heterocycles. The van der Waals surface area contributed by atoms with Gasteiger partial charge in [-0.25, -0.2) is 9.97 Å². The highest BCUT2D eigenvalue weighted by molar-refractivity contribution is 7.12. The highest BCUT2D eigenvalue weighted by atomic mass is 32.1. The lowest BCUT2D eigenvalue weighted by atomic mass is 10.2. The van der Waals surface area contributed by atoms with Crippen LogP contribution >= 0.6 is 11.3 Å². The molecule has 3 nitrogen and oxygen atoms in total. The summed E-state index contributed by atoms with van der Waals surface area (Å²) in [7, 11) is 0. The summed E-state index contributed by atoms with van der Waals surface area (Å²) in [5, 5.41) is 4.35. The normalized spacial score (nSPS) is 10.8. The van der Waals surface area contributed by atoms with Gasteiger partial charge in [-0.2, -0.15) is 0 Å². The predicted molar refractivity (Wildman–Crippen MR) is 80.6 cm³/mol. The first-order valence-electron chi connectivity index (χ1n) is 6.38. The van der Waals surface area contributed by atoms with Crippen LogP contribution in [-0.2, 0) is 13.0 Å². The Morgan fingerprint density at radius 2 is 1.95 bits per heavy atom. The van der Waals surface area contributed by atoms with Crippen molar-refractivity contribution in [2.45, 2.75) is 19.9 Å². The molecule has 0 fully saturated rings. The topological polar surface area (TPSA) is 37.8 Å². The number of aryl methyl sites for hydroxylation is 1. The van der Waals surface area contributed by atoms with Crippen molar-refractivity contribution in [3.05, 3.63) is 52.3 Å². The van der Waals surface area contributed by atoms with Gasteiger partial charge in [-0.15, -0.1) is 11.3 Å². The second-order valence-corrected chi connectivity index (χ2v) is 5.58. The lowest BCUT2D eigenvalue weighted by Gasteiger charge is -2.04. The molecule has 1 N–H and O–H groups in total. The van der Waals surface area contributed by atoms with Crippen LogP contribution in [-0.4, -0.2) is 9.97 Å². The Kier molecular flexibility index (Phi) is 3.42. The van der Waals surface area contributed by atoms with Crippen LogP contribution in [0, 0.1) is 0 Å². The molecule has 0 atom stereocenters. The summed E-state index contributed by atoms with van der Waals surface area (Å²) in [5.41, 5.74) is 0.973. The van der Waals surface area contributed by atoms with Gasteiger partial charge in [0.25, 0.3) is 0 Å². The third-order valence-electron chi connectivity index (χ3n) is 2.98. The summed E-state index contributed by atoms with van der Waals surface area (Å²) in [5.74, 6) is 0.685. The Hall–Kier alpha value is -1.94. The van der Waals surface area contributed by atoms with E-state index < -0.39 is 0 Å². The zero-order chi connectivity index (χ0) is 13.1. The standard InChI is InChI=1S/C15H15N3S/c1-2-12-7-8-13(19-12)10-17-15-16-9-11-5-3-4-6-14(11)18-15/h3-9H,2,10H2,1H3,(H,16,17,18). The molecule has 0 aliphatic rings. The molecule has 0 amide bonds. The van der Waals surface area contributed by atoms with E-state index in [1.54, 1.807) is 0 Å². The number of anilines is 1. The van der Waals surface area contributed by atoms with Gasteiger partial charge in [-0.3, -0.25) is 0 Å². The molecule has 2 aromatic heterocycles. The van der Waals surface area contributed by atoms with Crippen molar-refractivity contribution in [3.63, 3.8) is 0 Å². The maximum absolute atomic E-state index is 4.50. The van der Waals surface area contributed by atoms with Gasteiger partial charge in [0.15, 0.2) is 0 Å². The summed E-state index contributed by atoms with van der Waals surface area (Å²) in [4.78, 5) is 11.6. The molecule has 0 saturated heterocycles. The van der Waals surface area contributed by atoms with E-state index in [4.69, 9.17) is 0 Å². The van der Waals surface area contributed by atoms with Crippen LogP contribution in [0.2, 0.25) is 0 Å². The fraction of sp³-hybridized carbons (Fsp3) is 0.200. The second-order valence-electron chi connectivity index (χ2n) is 4.33. The van der Waals surface area contributed by atoms with E-state index in [1.165, 1.54) is 9.75 Å². The molecule has 0 bridgehead atoms. The van der Waals surface area contributed by atoms with Crippen LogP contribution in [0.25, 0.3) is 10.9 Å². The number of rotatable bonds is 4. The number of hydrogen-bond donors (Lipinski definition) is 1. The van der Waals surface area contributed by atoms with Gasteiger partial charge in [0.2, 0.25) is 5.95 Å². The summed E-state index contributed by atoms with van der Waals surface area (Å²) in [6.45, 7) is 2.96. The average molecular weight is 269 g/mol. The molecule has 0 saturated carbocycles. The van der Waals surface area contributed by atoms with Crippen LogP contribution in [0.4, 0.5) is 5.95 Å². The second kappa shape index (κ2) is 5.36. The van der Waals surface area contributed by atoms with Crippen LogP contribution in [0.5, 0.6) is 0 Å². The monoisotopic (exact) mass is 269 g/mol. The molecule has 3 aromatic rings. The first-order valence-corrected chi connectivity index (χ1v) is 7.20. The van der Waals surface area contributed by atoms with E-state index in [-0.39, 0.29) is 0 Å². The first kappa shape index (κ1) is 12.1. The number of nitrogens with one attached hydrogen (secondary N) is 1. The van der Waals surface area contributed by atoms with Gasteiger partial charge in [-0.05, 0) is 24.6 Å². The summed E-state index contributed by atoms with van der Waals surface area (Å²) in [6.07, 6.45) is 2.95. The molecule has 3 rings (SSSR count). The minimum atomic E-state index is 0.685. The molecule has 0 radical (unpaired) electrons. The molecule has 0 spiro atoms. The summed E-state index contributed by atoms with van der Waals surface area (Å²) < 4.78 is 0. The van der Waals surface area contributed by atoms with Gasteiger partial charge in [-0.1, -0.05) is 25.1 Å². The molecule has 19 heavy (non-hydrogen) atoms. The number of fused-ring (bicyclic) bond motifs is 1. The van der Waals surface area contributed by atoms with Crippen molar-refractivity contribution in [2.24, 2.45) is 0 Å². The molecular weight excluding hydrogens is 254 g/mol. The molecule has 2 heterocycles. The van der Waals surface area contributed by atoms with Gasteiger partial charge < -0.3 is 5.32 Å². The van der Waals surface area contributed by atoms with Gasteiger partial charge >= 0.3 is 0 Å². The van der Waals surface area contributed by atoms with Gasteiger partial charge in [0.1, 0.15) is 0 Å². The van der Waals surface area contributed by atoms with E-state index in [0.717, 1.165) is 23.9 Å². The maximum Gasteiger partial charge on any atom is 0.223 e. The SMILES string of the molecule is CCc1ccc(CNc2ncc3ccccc3n2)s1. The predicted octanol–water partition coefficient (Wildman–Crippen LogP) is 3.87. The fourth-order valence-electron chi connectivity index (χ4n) is 1.93. The average Bonchev–Trinajstić information content (AvgIpc) is 2.93. The van der Waals surface area contributed by atoms with Crippen molar-refractivity contribution >= 4 is 28.2 Å². The van der Waals surface area contributed by atoms with Gasteiger partial charge in [0, 0.05) is 21.3 Å². The smallest absolute Gasteiger partial charge is 0.223 e. The number of nitrogens with zero attached hydrogens (tertiary/aromatic N) is 2. The van der Waals surface area contributed by atoms with Crippen LogP contribution in [0.15, 0.2) is 42.6 Å². The largest absolute Gasteiger partial charge is 0.349 e. The van der Waals surface area contributed by atoms with E-state index in [1.807, 2.05) is 41.8 Å². The minimum absolute atomic E-state index is 0.685. The minimum Gasteiger partial charge on any atom is -0.349 e. The van der Waals surface area contributed by atoms with Crippen LogP contribution in [0.1, 0.15) is 16.7 Å². The Balaban J connectivity index is 1.74. The quantitative estimate of drug-likeness (QED) is 0.781. The van der Waals surface area contributed by atoms with Crippen molar-refractivity contribution in [2.75, 3.05) is 5.32 Å². The lowest BCUT2D eigenvalue weighted by Crippen LogP contribution is -2.02. The highest BCUT2D eigenvalue weighted by Crippen LogP contribution is 2.18. The Bertz CT molecular complexity index is 690. The summed E-state index contributed by atoms with van der Waals surface area (Å²) >= 11 is 1.84. The van der Waals surface area contributed by atoms with Crippen molar-refractivity contribution in [1.82, 2.24) is 9.97 Å². The lowest BCUT2D eigenvalue weighted by molar-refractivity contribution is 1.09. The van der Waals surface area contributed by atoms with E-state index in [2.05, 4.69) is 34.3 Å². The van der Waals surface area contributed by atoms with Gasteiger partial charge in [0.05, 0.1) is 12.1 Å². The molecule has 4 heteroatoms. The fourth-order valence-corrected chi connectivity index (χ4v) is 2.83. The Morgan fingerprint density at radius 3 is 2.79 bits per heavy atom. The molecule has 0 aliphatic carbocycles. The number of hydrogen-bond acceptors (Lipinski definition) is 4. The molecule has 0 unspecified atom stereocenters. The molecule has 96 valence electrons. The third-order valence-corrected chi connectivity index (χ3v) is 4.21. The first-order chi connectivity index (χ1) is 9.35. The number of thiophene rings is 1.